The lowest BCUT2D eigenvalue weighted by atomic mass is 10.0. The number of likely N-dealkylation sites (tertiary alicyclic amines) is 1. The van der Waals surface area contributed by atoms with Gasteiger partial charge in [-0.15, -0.1) is 11.3 Å². The summed E-state index contributed by atoms with van der Waals surface area (Å²) in [6, 6.07) is 8.58. The third-order valence-corrected chi connectivity index (χ3v) is 5.55. The second-order valence-corrected chi connectivity index (χ2v) is 7.27. The molecule has 2 aromatic rings. The van der Waals surface area contributed by atoms with Crippen LogP contribution in [0, 0.1) is 0 Å². The first kappa shape index (κ1) is 16.4. The van der Waals surface area contributed by atoms with Crippen molar-refractivity contribution in [1.82, 2.24) is 15.2 Å². The first-order valence-electron chi connectivity index (χ1n) is 8.64. The van der Waals surface area contributed by atoms with E-state index in [1.54, 1.807) is 11.3 Å². The number of para-hydroxylation sites is 1. The van der Waals surface area contributed by atoms with Crippen molar-refractivity contribution in [2.24, 2.45) is 0 Å². The number of nitrogens with zero attached hydrogens (tertiary/aromatic N) is 2. The van der Waals surface area contributed by atoms with Crippen LogP contribution in [0.3, 0.4) is 0 Å². The molecule has 0 spiro atoms. The summed E-state index contributed by atoms with van der Waals surface area (Å²) in [5.74, 6) is 0.145. The van der Waals surface area contributed by atoms with Gasteiger partial charge in [-0.3, -0.25) is 9.69 Å². The predicted molar refractivity (Wildman–Crippen MR) is 95.7 cm³/mol. The quantitative estimate of drug-likeness (QED) is 0.820. The van der Waals surface area contributed by atoms with Gasteiger partial charge in [-0.25, -0.2) is 4.98 Å². The fourth-order valence-corrected chi connectivity index (χ4v) is 4.27. The van der Waals surface area contributed by atoms with Gasteiger partial charge in [-0.2, -0.15) is 0 Å². The zero-order valence-corrected chi connectivity index (χ0v) is 14.6. The number of fused-ring (bicyclic) bond motifs is 1. The molecule has 1 amide bonds. The molecule has 0 radical (unpaired) electrons. The molecule has 1 saturated heterocycles. The molecular weight excluding hydrogens is 306 g/mol. The van der Waals surface area contributed by atoms with E-state index < -0.39 is 0 Å². The Hall–Kier alpha value is -1.46. The summed E-state index contributed by atoms with van der Waals surface area (Å²) in [4.78, 5) is 19.3. The lowest BCUT2D eigenvalue weighted by Gasteiger charge is -2.33. The molecule has 5 heteroatoms. The Kier molecular flexibility index (Phi) is 5.62. The Balaban J connectivity index is 1.69. The molecule has 0 unspecified atom stereocenters. The highest BCUT2D eigenvalue weighted by atomic mass is 32.1. The van der Waals surface area contributed by atoms with Crippen molar-refractivity contribution >= 4 is 27.5 Å². The number of carbonyl (C=O) groups is 1. The Morgan fingerprint density at radius 3 is 3.09 bits per heavy atom. The van der Waals surface area contributed by atoms with Crippen molar-refractivity contribution in [1.29, 1.82) is 0 Å². The Morgan fingerprint density at radius 1 is 1.39 bits per heavy atom. The van der Waals surface area contributed by atoms with Gasteiger partial charge in [0.25, 0.3) is 0 Å². The number of hydrogen-bond donors (Lipinski definition) is 1. The van der Waals surface area contributed by atoms with Crippen LogP contribution >= 0.6 is 11.3 Å². The SMILES string of the molecule is CCCCNC(=O)CN1CCCC[C@H]1c1nc2ccccc2s1. The maximum absolute atomic E-state index is 12.2. The first-order chi connectivity index (χ1) is 11.3. The van der Waals surface area contributed by atoms with Gasteiger partial charge in [-0.1, -0.05) is 31.9 Å². The summed E-state index contributed by atoms with van der Waals surface area (Å²) in [6.45, 7) is 4.40. The second kappa shape index (κ2) is 7.88. The van der Waals surface area contributed by atoms with Crippen LogP contribution in [0.2, 0.25) is 0 Å². The Bertz CT molecular complexity index is 622. The predicted octanol–water partition coefficient (Wildman–Crippen LogP) is 3.74. The maximum Gasteiger partial charge on any atom is 0.234 e. The van der Waals surface area contributed by atoms with Crippen LogP contribution in [0.5, 0.6) is 0 Å². The minimum Gasteiger partial charge on any atom is -0.355 e. The number of thiazole rings is 1. The van der Waals surface area contributed by atoms with Crippen LogP contribution in [0.25, 0.3) is 10.2 Å². The van der Waals surface area contributed by atoms with Crippen LogP contribution < -0.4 is 5.32 Å². The fraction of sp³-hybridized carbons (Fsp3) is 0.556. The third kappa shape index (κ3) is 4.09. The van der Waals surface area contributed by atoms with E-state index in [1.807, 2.05) is 6.07 Å². The Labute approximate surface area is 141 Å². The lowest BCUT2D eigenvalue weighted by Crippen LogP contribution is -2.41. The highest BCUT2D eigenvalue weighted by molar-refractivity contribution is 7.18. The largest absolute Gasteiger partial charge is 0.355 e. The van der Waals surface area contributed by atoms with Crippen LogP contribution in [0.15, 0.2) is 24.3 Å². The molecule has 1 aromatic carbocycles. The second-order valence-electron chi connectivity index (χ2n) is 6.21. The Morgan fingerprint density at radius 2 is 2.26 bits per heavy atom. The molecule has 0 saturated carbocycles. The molecule has 1 N–H and O–H groups in total. The van der Waals surface area contributed by atoms with Gasteiger partial charge in [0, 0.05) is 6.54 Å². The van der Waals surface area contributed by atoms with E-state index in [0.717, 1.165) is 42.9 Å². The van der Waals surface area contributed by atoms with Crippen molar-refractivity contribution < 1.29 is 4.79 Å². The third-order valence-electron chi connectivity index (χ3n) is 4.41. The van der Waals surface area contributed by atoms with E-state index in [0.29, 0.717) is 6.54 Å². The molecule has 3 rings (SSSR count). The minimum absolute atomic E-state index is 0.145. The zero-order valence-electron chi connectivity index (χ0n) is 13.8. The number of hydrogen-bond acceptors (Lipinski definition) is 4. The minimum atomic E-state index is 0.145. The summed E-state index contributed by atoms with van der Waals surface area (Å²) in [5, 5.41) is 4.19. The summed E-state index contributed by atoms with van der Waals surface area (Å²) in [6.07, 6.45) is 5.64. The van der Waals surface area contributed by atoms with Gasteiger partial charge in [0.2, 0.25) is 5.91 Å². The number of amides is 1. The van der Waals surface area contributed by atoms with Crippen LogP contribution in [-0.4, -0.2) is 35.4 Å². The highest BCUT2D eigenvalue weighted by Crippen LogP contribution is 2.35. The van der Waals surface area contributed by atoms with Gasteiger partial charge in [-0.05, 0) is 37.9 Å². The van der Waals surface area contributed by atoms with Crippen molar-refractivity contribution in [2.75, 3.05) is 19.6 Å². The lowest BCUT2D eigenvalue weighted by molar-refractivity contribution is -0.123. The van der Waals surface area contributed by atoms with Crippen molar-refractivity contribution in [3.05, 3.63) is 29.3 Å². The molecule has 1 aromatic heterocycles. The number of benzene rings is 1. The summed E-state index contributed by atoms with van der Waals surface area (Å²) < 4.78 is 1.24. The molecule has 124 valence electrons. The standard InChI is InChI=1S/C18H25N3OS/c1-2-3-11-19-17(22)13-21-12-7-6-9-15(21)18-20-14-8-4-5-10-16(14)23-18/h4-5,8,10,15H,2-3,6-7,9,11-13H2,1H3,(H,19,22)/t15-/m0/s1. The maximum atomic E-state index is 12.2. The monoisotopic (exact) mass is 331 g/mol. The molecular formula is C18H25N3OS. The van der Waals surface area contributed by atoms with E-state index in [1.165, 1.54) is 17.5 Å². The van der Waals surface area contributed by atoms with Gasteiger partial charge >= 0.3 is 0 Å². The smallest absolute Gasteiger partial charge is 0.234 e. The van der Waals surface area contributed by atoms with Crippen LogP contribution in [0.4, 0.5) is 0 Å². The summed E-state index contributed by atoms with van der Waals surface area (Å²) in [5.41, 5.74) is 1.07. The normalized spacial score (nSPS) is 19.1. The van der Waals surface area contributed by atoms with Crippen LogP contribution in [0.1, 0.15) is 50.1 Å². The van der Waals surface area contributed by atoms with E-state index in [4.69, 9.17) is 4.98 Å². The van der Waals surface area contributed by atoms with Crippen molar-refractivity contribution in [2.45, 2.75) is 45.1 Å². The molecule has 1 aliphatic heterocycles. The first-order valence-corrected chi connectivity index (χ1v) is 9.46. The zero-order chi connectivity index (χ0) is 16.1. The average molecular weight is 331 g/mol. The topological polar surface area (TPSA) is 45.2 Å². The van der Waals surface area contributed by atoms with Gasteiger partial charge in [0.05, 0.1) is 22.8 Å². The summed E-state index contributed by atoms with van der Waals surface area (Å²) in [7, 11) is 0. The van der Waals surface area contributed by atoms with Gasteiger partial charge in [0.15, 0.2) is 0 Å². The van der Waals surface area contributed by atoms with Crippen molar-refractivity contribution in [3.8, 4) is 0 Å². The van der Waals surface area contributed by atoms with Gasteiger partial charge < -0.3 is 5.32 Å². The van der Waals surface area contributed by atoms with Crippen LogP contribution in [-0.2, 0) is 4.79 Å². The number of piperidine rings is 1. The van der Waals surface area contributed by atoms with Crippen molar-refractivity contribution in [3.63, 3.8) is 0 Å². The van der Waals surface area contributed by atoms with E-state index >= 15 is 0 Å². The molecule has 1 atom stereocenters. The van der Waals surface area contributed by atoms with E-state index in [2.05, 4.69) is 35.3 Å². The van der Waals surface area contributed by atoms with Gasteiger partial charge in [0.1, 0.15) is 5.01 Å². The molecule has 23 heavy (non-hydrogen) atoms. The number of aromatic nitrogens is 1. The number of unbranched alkanes of at least 4 members (excludes halogenated alkanes) is 1. The molecule has 1 aliphatic rings. The molecule has 2 heterocycles. The molecule has 1 fully saturated rings. The molecule has 0 bridgehead atoms. The average Bonchev–Trinajstić information content (AvgIpc) is 2.99. The number of rotatable bonds is 6. The fourth-order valence-electron chi connectivity index (χ4n) is 3.14. The number of carbonyl (C=O) groups excluding carboxylic acids is 1. The molecule has 4 nitrogen and oxygen atoms in total. The van der Waals surface area contributed by atoms with E-state index in [9.17, 15) is 4.79 Å². The summed E-state index contributed by atoms with van der Waals surface area (Å²) >= 11 is 1.77. The molecule has 0 aliphatic carbocycles. The number of nitrogens with one attached hydrogen (secondary N) is 1. The van der Waals surface area contributed by atoms with E-state index in [-0.39, 0.29) is 11.9 Å². The highest BCUT2D eigenvalue weighted by Gasteiger charge is 2.28.